The molecule has 0 aromatic rings. The van der Waals surface area contributed by atoms with E-state index in [1.54, 1.807) is 27.9 Å². The first kappa shape index (κ1) is 16.4. The van der Waals surface area contributed by atoms with Crippen molar-refractivity contribution in [1.82, 2.24) is 9.80 Å². The number of urea groups is 1. The van der Waals surface area contributed by atoms with Gasteiger partial charge in [0.2, 0.25) is 5.91 Å². The molecule has 0 saturated carbocycles. The van der Waals surface area contributed by atoms with Gasteiger partial charge in [-0.2, -0.15) is 0 Å². The van der Waals surface area contributed by atoms with E-state index in [0.717, 1.165) is 4.90 Å². The van der Waals surface area contributed by atoms with Gasteiger partial charge in [0.05, 0.1) is 7.11 Å². The molecule has 18 heavy (non-hydrogen) atoms. The Morgan fingerprint density at radius 3 is 1.78 bits per heavy atom. The Labute approximate surface area is 108 Å². The van der Waals surface area contributed by atoms with Gasteiger partial charge in [0.25, 0.3) is 0 Å². The Morgan fingerprint density at radius 1 is 1.06 bits per heavy atom. The van der Waals surface area contributed by atoms with Crippen LogP contribution in [0.2, 0.25) is 0 Å². The van der Waals surface area contributed by atoms with Gasteiger partial charge in [-0.15, -0.1) is 0 Å². The highest BCUT2D eigenvalue weighted by molar-refractivity contribution is 6.08. The molecule has 0 fully saturated rings. The summed E-state index contributed by atoms with van der Waals surface area (Å²) in [5.74, 6) is -1.13. The molecule has 0 rings (SSSR count). The van der Waals surface area contributed by atoms with Crippen molar-refractivity contribution in [2.24, 2.45) is 5.41 Å². The summed E-state index contributed by atoms with van der Waals surface area (Å²) < 4.78 is 4.70. The summed E-state index contributed by atoms with van der Waals surface area (Å²) in [7, 11) is 5.70. The summed E-state index contributed by atoms with van der Waals surface area (Å²) in [6, 6.07) is -0.463. The van der Waals surface area contributed by atoms with Gasteiger partial charge in [-0.25, -0.2) is 4.79 Å². The molecule has 6 heteroatoms. The minimum atomic E-state index is -1.28. The van der Waals surface area contributed by atoms with Crippen LogP contribution in [0.15, 0.2) is 0 Å². The van der Waals surface area contributed by atoms with Crippen molar-refractivity contribution in [3.8, 4) is 0 Å². The van der Waals surface area contributed by atoms with Crippen LogP contribution in [0.25, 0.3) is 0 Å². The first-order valence-corrected chi connectivity index (χ1v) is 5.86. The van der Waals surface area contributed by atoms with Gasteiger partial charge in [-0.3, -0.25) is 14.5 Å². The lowest BCUT2D eigenvalue weighted by atomic mass is 9.81. The number of esters is 1. The third-order valence-electron chi connectivity index (χ3n) is 3.17. The largest absolute Gasteiger partial charge is 0.468 e. The number of hydrogen-bond donors (Lipinski definition) is 0. The number of hydrogen-bond acceptors (Lipinski definition) is 4. The molecule has 0 unspecified atom stereocenters. The van der Waals surface area contributed by atoms with Gasteiger partial charge in [0.15, 0.2) is 0 Å². The van der Waals surface area contributed by atoms with Crippen LogP contribution >= 0.6 is 0 Å². The highest BCUT2D eigenvalue weighted by atomic mass is 16.5. The summed E-state index contributed by atoms with van der Waals surface area (Å²) in [4.78, 5) is 38.2. The van der Waals surface area contributed by atoms with Gasteiger partial charge in [0.1, 0.15) is 5.41 Å². The molecule has 0 aliphatic rings. The lowest BCUT2D eigenvalue weighted by molar-refractivity contribution is -0.162. The van der Waals surface area contributed by atoms with E-state index in [-0.39, 0.29) is 0 Å². The monoisotopic (exact) mass is 258 g/mol. The molecule has 0 aliphatic carbocycles. The highest BCUT2D eigenvalue weighted by Crippen LogP contribution is 2.30. The van der Waals surface area contributed by atoms with Crippen LogP contribution < -0.4 is 0 Å². The lowest BCUT2D eigenvalue weighted by Gasteiger charge is -2.31. The van der Waals surface area contributed by atoms with Crippen molar-refractivity contribution in [1.29, 1.82) is 0 Å². The van der Waals surface area contributed by atoms with Crippen molar-refractivity contribution in [3.05, 3.63) is 0 Å². The smallest absolute Gasteiger partial charge is 0.325 e. The zero-order valence-electron chi connectivity index (χ0n) is 11.9. The summed E-state index contributed by atoms with van der Waals surface area (Å²) in [5.41, 5.74) is -1.28. The van der Waals surface area contributed by atoms with Crippen LogP contribution in [0.5, 0.6) is 0 Å². The van der Waals surface area contributed by atoms with E-state index in [0.29, 0.717) is 12.8 Å². The minimum absolute atomic E-state index is 0.292. The number of carbonyl (C=O) groups excluding carboxylic acids is 3. The maximum absolute atomic E-state index is 12.4. The number of amides is 3. The first-order valence-electron chi connectivity index (χ1n) is 5.86. The van der Waals surface area contributed by atoms with Crippen molar-refractivity contribution in [3.63, 3.8) is 0 Å². The summed E-state index contributed by atoms with van der Waals surface area (Å²) in [6.45, 7) is 3.46. The van der Waals surface area contributed by atoms with E-state index in [9.17, 15) is 14.4 Å². The fourth-order valence-electron chi connectivity index (χ4n) is 1.83. The normalized spacial score (nSPS) is 10.8. The molecule has 104 valence electrons. The molecule has 0 atom stereocenters. The average Bonchev–Trinajstić information content (AvgIpc) is 2.38. The highest BCUT2D eigenvalue weighted by Gasteiger charge is 2.46. The Balaban J connectivity index is 5.34. The topological polar surface area (TPSA) is 66.9 Å². The maximum Gasteiger partial charge on any atom is 0.325 e. The zero-order chi connectivity index (χ0) is 14.5. The maximum atomic E-state index is 12.4. The van der Waals surface area contributed by atoms with E-state index in [1.165, 1.54) is 19.1 Å². The quantitative estimate of drug-likeness (QED) is 0.559. The van der Waals surface area contributed by atoms with Crippen molar-refractivity contribution < 1.29 is 19.1 Å². The molecule has 0 bridgehead atoms. The molecule has 0 radical (unpaired) electrons. The van der Waals surface area contributed by atoms with E-state index in [1.807, 2.05) is 0 Å². The molecule has 0 spiro atoms. The first-order chi connectivity index (χ1) is 8.28. The standard InChI is InChI=1S/C12H22N2O4/c1-7-12(8-2,10(16)18-6)9(15)14(5)11(17)13(3)4/h7-8H2,1-6H3. The summed E-state index contributed by atoms with van der Waals surface area (Å²) in [6.07, 6.45) is 0.583. The summed E-state index contributed by atoms with van der Waals surface area (Å²) >= 11 is 0. The Hall–Kier alpha value is -1.59. The second kappa shape index (κ2) is 6.37. The molecular formula is C12H22N2O4. The molecule has 0 aliphatic heterocycles. The van der Waals surface area contributed by atoms with Gasteiger partial charge in [-0.1, -0.05) is 13.8 Å². The van der Waals surface area contributed by atoms with Crippen LogP contribution in [-0.2, 0) is 14.3 Å². The van der Waals surface area contributed by atoms with Crippen LogP contribution in [0.3, 0.4) is 0 Å². The number of ether oxygens (including phenoxy) is 1. The minimum Gasteiger partial charge on any atom is -0.468 e. The number of rotatable bonds is 4. The van der Waals surface area contributed by atoms with E-state index in [2.05, 4.69) is 0 Å². The van der Waals surface area contributed by atoms with E-state index < -0.39 is 23.3 Å². The van der Waals surface area contributed by atoms with Crippen molar-refractivity contribution >= 4 is 17.9 Å². The number of carbonyl (C=O) groups is 3. The lowest BCUT2D eigenvalue weighted by Crippen LogP contribution is -2.51. The van der Waals surface area contributed by atoms with E-state index >= 15 is 0 Å². The molecule has 0 heterocycles. The molecule has 6 nitrogen and oxygen atoms in total. The molecule has 0 saturated heterocycles. The van der Waals surface area contributed by atoms with Crippen molar-refractivity contribution in [2.45, 2.75) is 26.7 Å². The van der Waals surface area contributed by atoms with Crippen LogP contribution in [-0.4, -0.2) is 56.0 Å². The second-order valence-corrected chi connectivity index (χ2v) is 4.32. The SMILES string of the molecule is CCC(CC)(C(=O)OC)C(=O)N(C)C(=O)N(C)C. The number of nitrogens with zero attached hydrogens (tertiary/aromatic N) is 2. The zero-order valence-corrected chi connectivity index (χ0v) is 11.9. The van der Waals surface area contributed by atoms with E-state index in [4.69, 9.17) is 4.74 Å². The third-order valence-corrected chi connectivity index (χ3v) is 3.17. The second-order valence-electron chi connectivity index (χ2n) is 4.32. The predicted octanol–water partition coefficient (Wildman–Crippen LogP) is 1.11. The van der Waals surface area contributed by atoms with Crippen LogP contribution in [0.4, 0.5) is 4.79 Å². The fraction of sp³-hybridized carbons (Fsp3) is 0.750. The molecule has 0 aromatic heterocycles. The van der Waals surface area contributed by atoms with Crippen LogP contribution in [0.1, 0.15) is 26.7 Å². The molecule has 0 N–H and O–H groups in total. The Kier molecular flexibility index (Phi) is 5.81. The van der Waals surface area contributed by atoms with Gasteiger partial charge in [-0.05, 0) is 12.8 Å². The fourth-order valence-corrected chi connectivity index (χ4v) is 1.83. The molecule has 3 amide bonds. The summed E-state index contributed by atoms with van der Waals surface area (Å²) in [5, 5.41) is 0. The van der Waals surface area contributed by atoms with Gasteiger partial charge < -0.3 is 9.64 Å². The molecular weight excluding hydrogens is 236 g/mol. The third kappa shape index (κ3) is 2.80. The van der Waals surface area contributed by atoms with Crippen LogP contribution in [0, 0.1) is 5.41 Å². The Bertz CT molecular complexity index is 335. The predicted molar refractivity (Wildman–Crippen MR) is 66.9 cm³/mol. The molecule has 0 aromatic carbocycles. The number of methoxy groups -OCH3 is 1. The van der Waals surface area contributed by atoms with Gasteiger partial charge in [0, 0.05) is 21.1 Å². The average molecular weight is 258 g/mol. The number of imide groups is 1. The Morgan fingerprint density at radius 2 is 1.50 bits per heavy atom. The van der Waals surface area contributed by atoms with Gasteiger partial charge >= 0.3 is 12.0 Å². The van der Waals surface area contributed by atoms with Crippen molar-refractivity contribution in [2.75, 3.05) is 28.3 Å².